The minimum Gasteiger partial charge on any atom is -0.396 e. The van der Waals surface area contributed by atoms with Crippen molar-refractivity contribution in [2.75, 3.05) is 26.3 Å². The van der Waals surface area contributed by atoms with Crippen LogP contribution in [0.5, 0.6) is 0 Å². The van der Waals surface area contributed by atoms with E-state index in [0.717, 1.165) is 31.4 Å². The Balaban J connectivity index is 1.66. The molecule has 1 aromatic rings. The lowest BCUT2D eigenvalue weighted by molar-refractivity contribution is -0.0421. The Morgan fingerprint density at radius 1 is 1.38 bits per heavy atom. The lowest BCUT2D eigenvalue weighted by atomic mass is 9.74. The largest absolute Gasteiger partial charge is 0.396 e. The molecule has 5 nitrogen and oxygen atoms in total. The smallest absolute Gasteiger partial charge is 0.252 e. The first-order valence-electron chi connectivity index (χ1n) is 8.74. The number of hydrogen-bond acceptors (Lipinski definition) is 5. The number of sulfonamides is 1. The molecule has 0 amide bonds. The van der Waals surface area contributed by atoms with Gasteiger partial charge in [0.2, 0.25) is 0 Å². The highest BCUT2D eigenvalue weighted by molar-refractivity contribution is 7.91. The van der Waals surface area contributed by atoms with Crippen molar-refractivity contribution in [2.24, 2.45) is 5.41 Å². The molecule has 1 aromatic heterocycles. The van der Waals surface area contributed by atoms with Crippen LogP contribution in [0.15, 0.2) is 15.7 Å². The molecule has 2 aliphatic rings. The van der Waals surface area contributed by atoms with E-state index >= 15 is 0 Å². The molecular formula is C17H27NO4S2. The zero-order valence-corrected chi connectivity index (χ0v) is 15.9. The summed E-state index contributed by atoms with van der Waals surface area (Å²) in [6, 6.07) is 1.85. The summed E-state index contributed by atoms with van der Waals surface area (Å²) in [5.41, 5.74) is 0.619. The summed E-state index contributed by atoms with van der Waals surface area (Å²) in [5, 5.41) is 11.8. The molecule has 0 unspecified atom stereocenters. The summed E-state index contributed by atoms with van der Waals surface area (Å²) in [5.74, 6) is 0. The summed E-state index contributed by atoms with van der Waals surface area (Å²) in [6.45, 7) is 3.72. The molecule has 2 fully saturated rings. The van der Waals surface area contributed by atoms with E-state index in [0.29, 0.717) is 30.1 Å². The van der Waals surface area contributed by atoms with E-state index in [-0.39, 0.29) is 18.1 Å². The molecule has 24 heavy (non-hydrogen) atoms. The molecule has 0 saturated carbocycles. The number of aliphatic hydroxyl groups is 1. The van der Waals surface area contributed by atoms with Crippen LogP contribution in [-0.4, -0.2) is 50.2 Å². The van der Waals surface area contributed by atoms with Crippen LogP contribution in [0.3, 0.4) is 0 Å². The third kappa shape index (κ3) is 3.70. The number of aliphatic hydroxyl groups excluding tert-OH is 1. The predicted molar refractivity (Wildman–Crippen MR) is 94.8 cm³/mol. The minimum absolute atomic E-state index is 0.110. The molecule has 7 heteroatoms. The van der Waals surface area contributed by atoms with Gasteiger partial charge in [-0.25, -0.2) is 8.42 Å². The Morgan fingerprint density at radius 3 is 2.67 bits per heavy atom. The highest BCUT2D eigenvalue weighted by Crippen LogP contribution is 2.40. The molecule has 1 N–H and O–H groups in total. The Bertz CT molecular complexity index is 641. The molecule has 136 valence electrons. The SMILES string of the molecule is Cc1ccsc1S(=O)(=O)N1CCC(CO)(C[C@@H]2CCCCO2)CC1. The Morgan fingerprint density at radius 2 is 2.12 bits per heavy atom. The monoisotopic (exact) mass is 373 g/mol. The molecule has 1 atom stereocenters. The molecule has 0 spiro atoms. The second kappa shape index (κ2) is 7.41. The maximum Gasteiger partial charge on any atom is 0.252 e. The van der Waals surface area contributed by atoms with Gasteiger partial charge < -0.3 is 9.84 Å². The second-order valence-electron chi connectivity index (χ2n) is 7.15. The molecule has 3 rings (SSSR count). The maximum atomic E-state index is 12.8. The number of aryl methyl sites for hydroxylation is 1. The Labute approximate surface area is 148 Å². The van der Waals surface area contributed by atoms with Gasteiger partial charge in [0, 0.05) is 26.3 Å². The zero-order chi connectivity index (χ0) is 17.2. The maximum absolute atomic E-state index is 12.8. The molecule has 0 aliphatic carbocycles. The van der Waals surface area contributed by atoms with E-state index in [9.17, 15) is 13.5 Å². The van der Waals surface area contributed by atoms with Crippen LogP contribution >= 0.6 is 11.3 Å². The highest BCUT2D eigenvalue weighted by atomic mass is 32.2. The highest BCUT2D eigenvalue weighted by Gasteiger charge is 2.40. The van der Waals surface area contributed by atoms with Gasteiger partial charge in [-0.05, 0) is 67.9 Å². The summed E-state index contributed by atoms with van der Waals surface area (Å²) >= 11 is 1.29. The van der Waals surface area contributed by atoms with Crippen LogP contribution < -0.4 is 0 Å². The topological polar surface area (TPSA) is 66.8 Å². The molecule has 0 radical (unpaired) electrons. The van der Waals surface area contributed by atoms with E-state index in [1.54, 1.807) is 4.31 Å². The van der Waals surface area contributed by atoms with Crippen LogP contribution in [-0.2, 0) is 14.8 Å². The number of piperidine rings is 1. The first-order valence-corrected chi connectivity index (χ1v) is 11.1. The fraction of sp³-hybridized carbons (Fsp3) is 0.765. The van der Waals surface area contributed by atoms with Crippen molar-refractivity contribution in [2.45, 2.75) is 55.8 Å². The van der Waals surface area contributed by atoms with Crippen molar-refractivity contribution in [3.05, 3.63) is 17.0 Å². The standard InChI is InChI=1S/C17H27NO4S2/c1-14-5-11-23-16(14)24(20,21)18-8-6-17(13-19,7-9-18)12-15-4-2-3-10-22-15/h5,11,15,19H,2-4,6-10,12-13H2,1H3/t15-/m0/s1. The number of hydrogen-bond donors (Lipinski definition) is 1. The number of thiophene rings is 1. The van der Waals surface area contributed by atoms with Crippen LogP contribution in [0.25, 0.3) is 0 Å². The lowest BCUT2D eigenvalue weighted by Gasteiger charge is -2.42. The molecular weight excluding hydrogens is 346 g/mol. The first kappa shape index (κ1) is 18.3. The molecule has 3 heterocycles. The van der Waals surface area contributed by atoms with Gasteiger partial charge in [0.15, 0.2) is 0 Å². The van der Waals surface area contributed by atoms with Gasteiger partial charge >= 0.3 is 0 Å². The molecule has 2 saturated heterocycles. The number of ether oxygens (including phenoxy) is 1. The number of nitrogens with zero attached hydrogens (tertiary/aromatic N) is 1. The van der Waals surface area contributed by atoms with Crippen molar-refractivity contribution >= 4 is 21.4 Å². The van der Waals surface area contributed by atoms with E-state index < -0.39 is 10.0 Å². The van der Waals surface area contributed by atoms with Gasteiger partial charge in [0.25, 0.3) is 10.0 Å². The summed E-state index contributed by atoms with van der Waals surface area (Å²) in [4.78, 5) is 0. The second-order valence-corrected chi connectivity index (χ2v) is 10.2. The lowest BCUT2D eigenvalue weighted by Crippen LogP contribution is -2.46. The van der Waals surface area contributed by atoms with Crippen molar-refractivity contribution in [3.8, 4) is 0 Å². The van der Waals surface area contributed by atoms with Gasteiger partial charge in [0.1, 0.15) is 4.21 Å². The molecule has 0 bridgehead atoms. The van der Waals surface area contributed by atoms with Gasteiger partial charge in [-0.15, -0.1) is 11.3 Å². The zero-order valence-electron chi connectivity index (χ0n) is 14.2. The van der Waals surface area contributed by atoms with Crippen molar-refractivity contribution in [3.63, 3.8) is 0 Å². The van der Waals surface area contributed by atoms with E-state index in [1.807, 2.05) is 18.4 Å². The average molecular weight is 374 g/mol. The third-order valence-corrected chi connectivity index (χ3v) is 9.01. The summed E-state index contributed by atoms with van der Waals surface area (Å²) in [6.07, 6.45) is 5.82. The third-order valence-electron chi connectivity index (χ3n) is 5.44. The van der Waals surface area contributed by atoms with Gasteiger partial charge in [0.05, 0.1) is 6.10 Å². The van der Waals surface area contributed by atoms with Crippen LogP contribution in [0.1, 0.15) is 44.1 Å². The van der Waals surface area contributed by atoms with Crippen LogP contribution in [0.4, 0.5) is 0 Å². The normalized spacial score (nSPS) is 25.7. The van der Waals surface area contributed by atoms with Crippen LogP contribution in [0.2, 0.25) is 0 Å². The van der Waals surface area contributed by atoms with Gasteiger partial charge in [-0.3, -0.25) is 0 Å². The summed E-state index contributed by atoms with van der Waals surface area (Å²) < 4.78 is 33.5. The van der Waals surface area contributed by atoms with E-state index in [1.165, 1.54) is 17.8 Å². The van der Waals surface area contributed by atoms with Crippen molar-refractivity contribution in [1.82, 2.24) is 4.31 Å². The average Bonchev–Trinajstić information content (AvgIpc) is 3.03. The molecule has 2 aliphatic heterocycles. The fourth-order valence-electron chi connectivity index (χ4n) is 3.82. The van der Waals surface area contributed by atoms with Crippen LogP contribution in [0, 0.1) is 12.3 Å². The predicted octanol–water partition coefficient (Wildman–Crippen LogP) is 2.78. The summed E-state index contributed by atoms with van der Waals surface area (Å²) in [7, 11) is -3.40. The van der Waals surface area contributed by atoms with Crippen molar-refractivity contribution in [1.29, 1.82) is 0 Å². The van der Waals surface area contributed by atoms with E-state index in [2.05, 4.69) is 0 Å². The van der Waals surface area contributed by atoms with E-state index in [4.69, 9.17) is 4.74 Å². The fourth-order valence-corrected chi connectivity index (χ4v) is 6.81. The van der Waals surface area contributed by atoms with Gasteiger partial charge in [-0.2, -0.15) is 4.31 Å². The number of rotatable bonds is 5. The van der Waals surface area contributed by atoms with Gasteiger partial charge in [-0.1, -0.05) is 0 Å². The van der Waals surface area contributed by atoms with Crippen molar-refractivity contribution < 1.29 is 18.3 Å². The molecule has 0 aromatic carbocycles. The first-order chi connectivity index (χ1) is 11.5. The minimum atomic E-state index is -3.40. The quantitative estimate of drug-likeness (QED) is 0.862. The Hall–Kier alpha value is -0.470. The Kier molecular flexibility index (Phi) is 5.66.